The SMILES string of the molecule is CC(C(=O)O)N(CC(=O)Nc1cc(Cl)ccc1F)C1CC1. The molecule has 1 fully saturated rings. The maximum atomic E-state index is 13.5. The zero-order valence-corrected chi connectivity index (χ0v) is 12.2. The van der Waals surface area contributed by atoms with Gasteiger partial charge in [-0.2, -0.15) is 0 Å². The molecule has 1 saturated carbocycles. The van der Waals surface area contributed by atoms with Gasteiger partial charge in [0.25, 0.3) is 0 Å². The van der Waals surface area contributed by atoms with Crippen LogP contribution in [0, 0.1) is 5.82 Å². The van der Waals surface area contributed by atoms with E-state index in [0.29, 0.717) is 5.02 Å². The highest BCUT2D eigenvalue weighted by molar-refractivity contribution is 6.30. The van der Waals surface area contributed by atoms with Gasteiger partial charge in [-0.3, -0.25) is 14.5 Å². The van der Waals surface area contributed by atoms with E-state index in [4.69, 9.17) is 16.7 Å². The monoisotopic (exact) mass is 314 g/mol. The Morgan fingerprint density at radius 1 is 1.52 bits per heavy atom. The predicted octanol–water partition coefficient (Wildman–Crippen LogP) is 2.36. The number of carbonyl (C=O) groups excluding carboxylic acids is 1. The van der Waals surface area contributed by atoms with E-state index in [2.05, 4.69) is 5.32 Å². The normalized spacial score (nSPS) is 15.8. The molecule has 114 valence electrons. The molecule has 0 aromatic heterocycles. The largest absolute Gasteiger partial charge is 0.480 e. The number of amides is 1. The van der Waals surface area contributed by atoms with Crippen molar-refractivity contribution in [3.8, 4) is 0 Å². The Morgan fingerprint density at radius 2 is 2.19 bits per heavy atom. The van der Waals surface area contributed by atoms with Crippen LogP contribution in [0.3, 0.4) is 0 Å². The van der Waals surface area contributed by atoms with Crippen molar-refractivity contribution in [3.63, 3.8) is 0 Å². The molecule has 0 saturated heterocycles. The van der Waals surface area contributed by atoms with Crippen LogP contribution >= 0.6 is 11.6 Å². The van der Waals surface area contributed by atoms with Gasteiger partial charge in [-0.25, -0.2) is 4.39 Å². The van der Waals surface area contributed by atoms with Gasteiger partial charge in [0, 0.05) is 11.1 Å². The second-order valence-electron chi connectivity index (χ2n) is 5.09. The van der Waals surface area contributed by atoms with Crippen LogP contribution in [0.2, 0.25) is 5.02 Å². The lowest BCUT2D eigenvalue weighted by Crippen LogP contribution is -2.44. The minimum Gasteiger partial charge on any atom is -0.480 e. The fourth-order valence-corrected chi connectivity index (χ4v) is 2.25. The topological polar surface area (TPSA) is 69.6 Å². The van der Waals surface area contributed by atoms with Gasteiger partial charge in [-0.15, -0.1) is 0 Å². The molecule has 2 rings (SSSR count). The number of hydrogen-bond acceptors (Lipinski definition) is 3. The van der Waals surface area contributed by atoms with Gasteiger partial charge in [0.15, 0.2) is 0 Å². The Labute approximate surface area is 126 Å². The molecule has 0 spiro atoms. The Kier molecular flexibility index (Phi) is 4.80. The smallest absolute Gasteiger partial charge is 0.320 e. The molecule has 1 aliphatic carbocycles. The summed E-state index contributed by atoms with van der Waals surface area (Å²) in [5, 5.41) is 11.8. The summed E-state index contributed by atoms with van der Waals surface area (Å²) in [7, 11) is 0. The lowest BCUT2D eigenvalue weighted by atomic mass is 10.2. The summed E-state index contributed by atoms with van der Waals surface area (Å²) in [5.74, 6) is -2.03. The number of carbonyl (C=O) groups is 2. The van der Waals surface area contributed by atoms with Gasteiger partial charge in [0.05, 0.1) is 12.2 Å². The van der Waals surface area contributed by atoms with Crippen LogP contribution in [0.1, 0.15) is 19.8 Å². The quantitative estimate of drug-likeness (QED) is 0.845. The Bertz CT molecular complexity index is 563. The molecular weight excluding hydrogens is 299 g/mol. The Balaban J connectivity index is 2.02. The van der Waals surface area contributed by atoms with Crippen molar-refractivity contribution in [1.82, 2.24) is 4.90 Å². The van der Waals surface area contributed by atoms with Crippen molar-refractivity contribution >= 4 is 29.2 Å². The second kappa shape index (κ2) is 6.41. The van der Waals surface area contributed by atoms with Crippen molar-refractivity contribution in [3.05, 3.63) is 29.0 Å². The number of halogens is 2. The summed E-state index contributed by atoms with van der Waals surface area (Å²) in [6.07, 6.45) is 1.74. The first-order chi connectivity index (χ1) is 9.88. The number of carboxylic acids is 1. The number of nitrogens with zero attached hydrogens (tertiary/aromatic N) is 1. The van der Waals surface area contributed by atoms with E-state index >= 15 is 0 Å². The van der Waals surface area contributed by atoms with Crippen LogP contribution in [-0.2, 0) is 9.59 Å². The maximum absolute atomic E-state index is 13.5. The molecule has 1 aromatic rings. The number of carboxylic acid groups (broad SMARTS) is 1. The van der Waals surface area contributed by atoms with E-state index in [1.165, 1.54) is 19.1 Å². The van der Waals surface area contributed by atoms with E-state index in [1.807, 2.05) is 0 Å². The molecule has 1 atom stereocenters. The van der Waals surface area contributed by atoms with E-state index in [0.717, 1.165) is 18.9 Å². The number of hydrogen-bond donors (Lipinski definition) is 2. The van der Waals surface area contributed by atoms with Gasteiger partial charge in [0.2, 0.25) is 5.91 Å². The maximum Gasteiger partial charge on any atom is 0.320 e. The minimum atomic E-state index is -0.983. The van der Waals surface area contributed by atoms with Crippen LogP contribution in [0.5, 0.6) is 0 Å². The fraction of sp³-hybridized carbons (Fsp3) is 0.429. The predicted molar refractivity (Wildman–Crippen MR) is 76.9 cm³/mol. The lowest BCUT2D eigenvalue weighted by molar-refractivity contribution is -0.143. The van der Waals surface area contributed by atoms with Crippen LogP contribution < -0.4 is 5.32 Å². The van der Waals surface area contributed by atoms with Crippen LogP contribution in [0.25, 0.3) is 0 Å². The fourth-order valence-electron chi connectivity index (χ4n) is 2.08. The first-order valence-electron chi connectivity index (χ1n) is 6.62. The van der Waals surface area contributed by atoms with E-state index in [9.17, 15) is 14.0 Å². The van der Waals surface area contributed by atoms with Crippen LogP contribution in [0.4, 0.5) is 10.1 Å². The zero-order valence-electron chi connectivity index (χ0n) is 11.5. The van der Waals surface area contributed by atoms with Crippen LogP contribution in [-0.4, -0.2) is 40.5 Å². The highest BCUT2D eigenvalue weighted by atomic mass is 35.5. The van der Waals surface area contributed by atoms with Gasteiger partial charge in [-0.05, 0) is 38.0 Å². The first-order valence-corrected chi connectivity index (χ1v) is 6.99. The second-order valence-corrected chi connectivity index (χ2v) is 5.53. The van der Waals surface area contributed by atoms with Gasteiger partial charge < -0.3 is 10.4 Å². The molecule has 1 aliphatic rings. The molecule has 1 aromatic carbocycles. The average Bonchev–Trinajstić information content (AvgIpc) is 3.23. The Morgan fingerprint density at radius 3 is 2.76 bits per heavy atom. The van der Waals surface area contributed by atoms with Gasteiger partial charge in [0.1, 0.15) is 11.9 Å². The molecule has 2 N–H and O–H groups in total. The molecule has 1 amide bonds. The van der Waals surface area contributed by atoms with Crippen molar-refractivity contribution in [2.45, 2.75) is 31.8 Å². The number of benzene rings is 1. The molecule has 1 unspecified atom stereocenters. The molecule has 0 aliphatic heterocycles. The summed E-state index contributed by atoms with van der Waals surface area (Å²) >= 11 is 5.75. The number of nitrogens with one attached hydrogen (secondary N) is 1. The minimum absolute atomic E-state index is 0.00812. The van der Waals surface area contributed by atoms with E-state index in [-0.39, 0.29) is 18.3 Å². The van der Waals surface area contributed by atoms with Crippen molar-refractivity contribution < 1.29 is 19.1 Å². The summed E-state index contributed by atoms with van der Waals surface area (Å²) in [5.41, 5.74) is -0.00812. The molecule has 5 nitrogen and oxygen atoms in total. The third kappa shape index (κ3) is 4.15. The molecule has 0 heterocycles. The van der Waals surface area contributed by atoms with Crippen molar-refractivity contribution in [2.24, 2.45) is 0 Å². The van der Waals surface area contributed by atoms with Gasteiger partial charge in [-0.1, -0.05) is 11.6 Å². The van der Waals surface area contributed by atoms with Gasteiger partial charge >= 0.3 is 5.97 Å². The van der Waals surface area contributed by atoms with Crippen molar-refractivity contribution in [1.29, 1.82) is 0 Å². The summed E-state index contributed by atoms with van der Waals surface area (Å²) in [6.45, 7) is 1.44. The third-order valence-corrected chi connectivity index (χ3v) is 3.63. The lowest BCUT2D eigenvalue weighted by Gasteiger charge is -2.25. The molecular formula is C14H16ClFN2O3. The molecule has 7 heteroatoms. The van der Waals surface area contributed by atoms with E-state index < -0.39 is 23.7 Å². The highest BCUT2D eigenvalue weighted by Gasteiger charge is 2.36. The number of anilines is 1. The Hall–Kier alpha value is -1.66. The van der Waals surface area contributed by atoms with Crippen molar-refractivity contribution in [2.75, 3.05) is 11.9 Å². The first kappa shape index (κ1) is 15.7. The summed E-state index contributed by atoms with van der Waals surface area (Å²) < 4.78 is 13.5. The number of aliphatic carboxylic acids is 1. The van der Waals surface area contributed by atoms with Crippen LogP contribution in [0.15, 0.2) is 18.2 Å². The van der Waals surface area contributed by atoms with E-state index in [1.54, 1.807) is 4.90 Å². The summed E-state index contributed by atoms with van der Waals surface area (Å²) in [6, 6.07) is 3.21. The summed E-state index contributed by atoms with van der Waals surface area (Å²) in [4.78, 5) is 24.7. The average molecular weight is 315 g/mol. The zero-order chi connectivity index (χ0) is 15.6. The highest BCUT2D eigenvalue weighted by Crippen LogP contribution is 2.28. The number of rotatable bonds is 6. The third-order valence-electron chi connectivity index (χ3n) is 3.40. The molecule has 0 radical (unpaired) electrons. The standard InChI is InChI=1S/C14H16ClFN2O3/c1-8(14(20)21)18(10-3-4-10)7-13(19)17-12-6-9(15)2-5-11(12)16/h2,5-6,8,10H,3-4,7H2,1H3,(H,17,19)(H,20,21). The molecule has 21 heavy (non-hydrogen) atoms. The molecule has 0 bridgehead atoms.